The molecule has 0 aliphatic carbocycles. The fourth-order valence-electron chi connectivity index (χ4n) is 2.05. The largest absolute Gasteiger partial charge is 0.345 e. The van der Waals surface area contributed by atoms with Crippen LogP contribution in [0.3, 0.4) is 0 Å². The first-order valence-electron chi connectivity index (χ1n) is 5.16. The molecular weight excluding hydrogens is 186 g/mol. The smallest absolute Gasteiger partial charge is 0.247 e. The van der Waals surface area contributed by atoms with E-state index in [1.165, 1.54) is 11.1 Å². The molecule has 0 radical (unpaired) electrons. The second kappa shape index (κ2) is 3.54. The monoisotopic (exact) mass is 201 g/mol. The third-order valence-corrected chi connectivity index (χ3v) is 3.15. The molecule has 2 rings (SSSR count). The molecule has 0 saturated carbocycles. The van der Waals surface area contributed by atoms with Crippen molar-refractivity contribution in [1.29, 1.82) is 0 Å². The number of aryl methyl sites for hydroxylation is 1. The van der Waals surface area contributed by atoms with E-state index in [1.807, 2.05) is 19.1 Å². The van der Waals surface area contributed by atoms with Crippen molar-refractivity contribution in [2.75, 3.05) is 0 Å². The Bertz CT molecular complexity index is 422. The molecule has 0 aromatic heterocycles. The topological polar surface area (TPSA) is 29.1 Å². The Morgan fingerprint density at radius 3 is 2.53 bits per heavy atom. The molecule has 0 unspecified atom stereocenters. The zero-order chi connectivity index (χ0) is 11.0. The van der Waals surface area contributed by atoms with Crippen molar-refractivity contribution >= 4 is 5.91 Å². The molecule has 2 atom stereocenters. The number of amides is 1. The van der Waals surface area contributed by atoms with Crippen LogP contribution in [-0.4, -0.2) is 5.91 Å². The maximum atomic E-state index is 11.5. The normalized spacial score (nSPS) is 25.5. The lowest BCUT2D eigenvalue weighted by Gasteiger charge is -2.17. The van der Waals surface area contributed by atoms with Crippen LogP contribution in [0, 0.1) is 12.8 Å². The average molecular weight is 201 g/mol. The molecule has 15 heavy (non-hydrogen) atoms. The molecule has 1 aromatic rings. The first-order chi connectivity index (χ1) is 7.11. The van der Waals surface area contributed by atoms with Gasteiger partial charge in [-0.25, -0.2) is 0 Å². The Hall–Kier alpha value is -1.57. The van der Waals surface area contributed by atoms with Gasteiger partial charge in [-0.15, -0.1) is 0 Å². The minimum Gasteiger partial charge on any atom is -0.345 e. The van der Waals surface area contributed by atoms with Gasteiger partial charge in [-0.05, 0) is 18.1 Å². The summed E-state index contributed by atoms with van der Waals surface area (Å²) in [6, 6.07) is 8.23. The van der Waals surface area contributed by atoms with E-state index in [9.17, 15) is 4.79 Å². The third kappa shape index (κ3) is 1.56. The summed E-state index contributed by atoms with van der Waals surface area (Å²) in [4.78, 5) is 11.5. The Kier molecular flexibility index (Phi) is 2.35. The highest BCUT2D eigenvalue weighted by molar-refractivity contribution is 5.96. The van der Waals surface area contributed by atoms with Crippen molar-refractivity contribution in [2.24, 2.45) is 5.92 Å². The van der Waals surface area contributed by atoms with Gasteiger partial charge >= 0.3 is 0 Å². The molecule has 2 heteroatoms. The summed E-state index contributed by atoms with van der Waals surface area (Å²) in [5.74, 6) is 0.161. The van der Waals surface area contributed by atoms with Gasteiger partial charge in [-0.1, -0.05) is 37.8 Å². The molecule has 78 valence electrons. The van der Waals surface area contributed by atoms with Gasteiger partial charge in [0.1, 0.15) is 0 Å². The molecule has 1 heterocycles. The highest BCUT2D eigenvalue weighted by atomic mass is 16.2. The molecule has 1 amide bonds. The van der Waals surface area contributed by atoms with E-state index in [4.69, 9.17) is 0 Å². The molecule has 2 nitrogen and oxygen atoms in total. The van der Waals surface area contributed by atoms with Crippen LogP contribution in [0.1, 0.15) is 24.1 Å². The highest BCUT2D eigenvalue weighted by Gasteiger charge is 2.34. The van der Waals surface area contributed by atoms with Crippen LogP contribution in [0.15, 0.2) is 36.4 Å². The first kappa shape index (κ1) is 9.97. The van der Waals surface area contributed by atoms with Crippen molar-refractivity contribution in [3.63, 3.8) is 0 Å². The summed E-state index contributed by atoms with van der Waals surface area (Å²) in [6.07, 6.45) is 0. The lowest BCUT2D eigenvalue weighted by molar-refractivity contribution is -0.116. The Morgan fingerprint density at radius 2 is 2.00 bits per heavy atom. The van der Waals surface area contributed by atoms with Gasteiger partial charge in [-0.2, -0.15) is 0 Å². The van der Waals surface area contributed by atoms with Crippen LogP contribution in [-0.2, 0) is 4.79 Å². The standard InChI is InChI=1S/C13H15NO/c1-8-6-4-5-7-11(8)12-9(2)10(3)13(15)14-12/h4-7,9,12H,3H2,1-2H3,(H,14,15)/t9-,12-/m1/s1. The lowest BCUT2D eigenvalue weighted by Crippen LogP contribution is -2.20. The molecule has 1 fully saturated rings. The molecule has 0 bridgehead atoms. The summed E-state index contributed by atoms with van der Waals surface area (Å²) in [5, 5.41) is 2.97. The van der Waals surface area contributed by atoms with E-state index in [0.717, 1.165) is 0 Å². The number of benzene rings is 1. The summed E-state index contributed by atoms with van der Waals surface area (Å²) in [6.45, 7) is 7.91. The number of hydrogen-bond donors (Lipinski definition) is 1. The number of carbonyl (C=O) groups excluding carboxylic acids is 1. The molecule has 0 spiro atoms. The Morgan fingerprint density at radius 1 is 1.33 bits per heavy atom. The van der Waals surface area contributed by atoms with Crippen LogP contribution in [0.5, 0.6) is 0 Å². The highest BCUT2D eigenvalue weighted by Crippen LogP contribution is 2.33. The number of nitrogens with one attached hydrogen (secondary N) is 1. The van der Waals surface area contributed by atoms with Crippen molar-refractivity contribution in [2.45, 2.75) is 19.9 Å². The van der Waals surface area contributed by atoms with Gasteiger partial charge in [0.25, 0.3) is 0 Å². The third-order valence-electron chi connectivity index (χ3n) is 3.15. The first-order valence-corrected chi connectivity index (χ1v) is 5.16. The number of carbonyl (C=O) groups is 1. The summed E-state index contributed by atoms with van der Waals surface area (Å²) in [5.41, 5.74) is 3.09. The van der Waals surface area contributed by atoms with Crippen molar-refractivity contribution < 1.29 is 4.79 Å². The molecule has 1 aromatic carbocycles. The summed E-state index contributed by atoms with van der Waals surface area (Å²) >= 11 is 0. The number of rotatable bonds is 1. The zero-order valence-corrected chi connectivity index (χ0v) is 9.08. The van der Waals surface area contributed by atoms with Gasteiger partial charge in [0.05, 0.1) is 6.04 Å². The molecule has 1 N–H and O–H groups in total. The van der Waals surface area contributed by atoms with Crippen molar-refractivity contribution in [3.05, 3.63) is 47.5 Å². The molecular formula is C13H15NO. The molecule has 1 aliphatic rings. The fraction of sp³-hybridized carbons (Fsp3) is 0.308. The van der Waals surface area contributed by atoms with E-state index in [2.05, 4.69) is 31.0 Å². The maximum Gasteiger partial charge on any atom is 0.247 e. The SMILES string of the molecule is C=C1C(=O)N[C@@H](c2ccccc2C)[C@@H]1C. The van der Waals surface area contributed by atoms with Crippen LogP contribution in [0.4, 0.5) is 0 Å². The predicted molar refractivity (Wildman–Crippen MR) is 60.4 cm³/mol. The van der Waals surface area contributed by atoms with E-state index >= 15 is 0 Å². The average Bonchev–Trinajstić information content (AvgIpc) is 2.47. The predicted octanol–water partition coefficient (Wildman–Crippen LogP) is 2.36. The van der Waals surface area contributed by atoms with Gasteiger partial charge in [0.2, 0.25) is 5.91 Å². The van der Waals surface area contributed by atoms with Crippen molar-refractivity contribution in [1.82, 2.24) is 5.32 Å². The van der Waals surface area contributed by atoms with Crippen LogP contribution < -0.4 is 5.32 Å². The summed E-state index contributed by atoms with van der Waals surface area (Å²) < 4.78 is 0. The maximum absolute atomic E-state index is 11.5. The Labute approximate surface area is 90.0 Å². The Balaban J connectivity index is 2.38. The second-order valence-electron chi connectivity index (χ2n) is 4.12. The molecule has 1 aliphatic heterocycles. The minimum absolute atomic E-state index is 0.0178. The van der Waals surface area contributed by atoms with Crippen LogP contribution in [0.25, 0.3) is 0 Å². The second-order valence-corrected chi connectivity index (χ2v) is 4.12. The van der Waals surface area contributed by atoms with Crippen molar-refractivity contribution in [3.8, 4) is 0 Å². The zero-order valence-electron chi connectivity index (χ0n) is 9.08. The van der Waals surface area contributed by atoms with E-state index < -0.39 is 0 Å². The van der Waals surface area contributed by atoms with Gasteiger partial charge in [0.15, 0.2) is 0 Å². The van der Waals surface area contributed by atoms with Gasteiger partial charge in [-0.3, -0.25) is 4.79 Å². The van der Waals surface area contributed by atoms with Gasteiger partial charge < -0.3 is 5.32 Å². The van der Waals surface area contributed by atoms with Crippen LogP contribution >= 0.6 is 0 Å². The van der Waals surface area contributed by atoms with E-state index in [-0.39, 0.29) is 17.9 Å². The number of hydrogen-bond acceptors (Lipinski definition) is 1. The minimum atomic E-state index is -0.0178. The van der Waals surface area contributed by atoms with Gasteiger partial charge in [0, 0.05) is 11.5 Å². The molecule has 1 saturated heterocycles. The van der Waals surface area contributed by atoms with E-state index in [0.29, 0.717) is 5.57 Å². The van der Waals surface area contributed by atoms with Crippen LogP contribution in [0.2, 0.25) is 0 Å². The fourth-order valence-corrected chi connectivity index (χ4v) is 2.05. The summed E-state index contributed by atoms with van der Waals surface area (Å²) in [7, 11) is 0. The van der Waals surface area contributed by atoms with E-state index in [1.54, 1.807) is 0 Å². The quantitative estimate of drug-likeness (QED) is 0.694. The lowest BCUT2D eigenvalue weighted by atomic mass is 9.91.